The summed E-state index contributed by atoms with van der Waals surface area (Å²) in [6.07, 6.45) is 3.55. The van der Waals surface area contributed by atoms with E-state index in [0.29, 0.717) is 35.8 Å². The molecule has 0 spiro atoms. The van der Waals surface area contributed by atoms with Crippen LogP contribution in [0.15, 0.2) is 18.2 Å². The maximum absolute atomic E-state index is 12.2. The Kier molecular flexibility index (Phi) is 5.07. The fraction of sp³-hybridized carbons (Fsp3) is 0.562. The second kappa shape index (κ2) is 6.80. The Balaban J connectivity index is 1.98. The molecular weight excluding hydrogens is 266 g/mol. The molecule has 1 aromatic rings. The summed E-state index contributed by atoms with van der Waals surface area (Å²) in [7, 11) is 1.59. The molecule has 1 aliphatic heterocycles. The first kappa shape index (κ1) is 15.6. The molecule has 2 rings (SSSR count). The number of methoxy groups -OCH3 is 1. The first-order valence-electron chi connectivity index (χ1n) is 7.50. The van der Waals surface area contributed by atoms with E-state index in [2.05, 4.69) is 24.1 Å². The van der Waals surface area contributed by atoms with Crippen molar-refractivity contribution in [2.24, 2.45) is 0 Å². The molecule has 0 radical (unpaired) electrons. The summed E-state index contributed by atoms with van der Waals surface area (Å²) < 4.78 is 5.10. The van der Waals surface area contributed by atoms with Crippen LogP contribution in [0.1, 0.15) is 33.1 Å². The molecule has 1 amide bonds. The lowest BCUT2D eigenvalue weighted by atomic mass is 9.97. The molecule has 0 aromatic heterocycles. The number of nitrogens with two attached hydrogens (primary N) is 1. The summed E-state index contributed by atoms with van der Waals surface area (Å²) in [5.74, 6) is 0.663. The molecule has 21 heavy (non-hydrogen) atoms. The number of amides is 1. The Morgan fingerprint density at radius 1 is 1.38 bits per heavy atom. The standard InChI is InChI=1S/C16H25N3O2/c1-11-5-4-6-12(2)19(11)10-16(20)18-15-8-7-13(21-3)9-14(15)17/h7-9,11-12H,4-6,10,17H2,1-3H3,(H,18,20). The monoisotopic (exact) mass is 291 g/mol. The van der Waals surface area contributed by atoms with Crippen LogP contribution in [-0.2, 0) is 4.79 Å². The molecule has 5 heteroatoms. The van der Waals surface area contributed by atoms with E-state index in [9.17, 15) is 4.79 Å². The highest BCUT2D eigenvalue weighted by Gasteiger charge is 2.26. The van der Waals surface area contributed by atoms with Gasteiger partial charge in [0.25, 0.3) is 0 Å². The Labute approximate surface area is 126 Å². The fourth-order valence-corrected chi connectivity index (χ4v) is 2.92. The predicted molar refractivity (Wildman–Crippen MR) is 85.5 cm³/mol. The summed E-state index contributed by atoms with van der Waals surface area (Å²) in [6, 6.07) is 6.18. The maximum atomic E-state index is 12.2. The number of carbonyl (C=O) groups is 1. The van der Waals surface area contributed by atoms with E-state index in [4.69, 9.17) is 10.5 Å². The van der Waals surface area contributed by atoms with Crippen LogP contribution >= 0.6 is 0 Å². The number of piperidine rings is 1. The minimum atomic E-state index is -0.0209. The highest BCUT2D eigenvalue weighted by atomic mass is 16.5. The number of hydrogen-bond donors (Lipinski definition) is 2. The van der Waals surface area contributed by atoms with E-state index < -0.39 is 0 Å². The van der Waals surface area contributed by atoms with Gasteiger partial charge in [-0.1, -0.05) is 6.42 Å². The lowest BCUT2D eigenvalue weighted by Crippen LogP contribution is -2.47. The average Bonchev–Trinajstić information content (AvgIpc) is 2.45. The second-order valence-corrected chi connectivity index (χ2v) is 5.80. The summed E-state index contributed by atoms with van der Waals surface area (Å²) in [6.45, 7) is 4.78. The smallest absolute Gasteiger partial charge is 0.238 e. The van der Waals surface area contributed by atoms with Crippen LogP contribution in [0, 0.1) is 0 Å². The van der Waals surface area contributed by atoms with Crippen molar-refractivity contribution in [3.05, 3.63) is 18.2 Å². The largest absolute Gasteiger partial charge is 0.497 e. The van der Waals surface area contributed by atoms with E-state index >= 15 is 0 Å². The highest BCUT2D eigenvalue weighted by molar-refractivity contribution is 5.95. The van der Waals surface area contributed by atoms with Crippen molar-refractivity contribution in [3.63, 3.8) is 0 Å². The number of hydrogen-bond acceptors (Lipinski definition) is 4. The highest BCUT2D eigenvalue weighted by Crippen LogP contribution is 2.25. The molecule has 116 valence electrons. The van der Waals surface area contributed by atoms with E-state index in [-0.39, 0.29) is 5.91 Å². The Morgan fingerprint density at radius 2 is 2.05 bits per heavy atom. The van der Waals surface area contributed by atoms with Crippen LogP contribution in [0.25, 0.3) is 0 Å². The molecule has 3 N–H and O–H groups in total. The topological polar surface area (TPSA) is 67.6 Å². The molecule has 2 atom stereocenters. The van der Waals surface area contributed by atoms with E-state index in [0.717, 1.165) is 12.8 Å². The maximum Gasteiger partial charge on any atom is 0.238 e. The van der Waals surface area contributed by atoms with Crippen molar-refractivity contribution >= 4 is 17.3 Å². The number of nitrogens with zero attached hydrogens (tertiary/aromatic N) is 1. The molecular formula is C16H25N3O2. The number of carbonyl (C=O) groups excluding carboxylic acids is 1. The van der Waals surface area contributed by atoms with Crippen LogP contribution in [0.2, 0.25) is 0 Å². The summed E-state index contributed by atoms with van der Waals surface area (Å²) in [5.41, 5.74) is 7.08. The summed E-state index contributed by atoms with van der Waals surface area (Å²) >= 11 is 0. The van der Waals surface area contributed by atoms with E-state index in [1.165, 1.54) is 6.42 Å². The van der Waals surface area contributed by atoms with Crippen molar-refractivity contribution in [1.29, 1.82) is 0 Å². The minimum Gasteiger partial charge on any atom is -0.497 e. The zero-order valence-electron chi connectivity index (χ0n) is 13.1. The van der Waals surface area contributed by atoms with Crippen LogP contribution in [-0.4, -0.2) is 36.5 Å². The summed E-state index contributed by atoms with van der Waals surface area (Å²) in [4.78, 5) is 14.5. The number of nitrogen functional groups attached to an aromatic ring is 1. The molecule has 1 aliphatic rings. The van der Waals surface area contributed by atoms with Gasteiger partial charge in [0.05, 0.1) is 25.0 Å². The van der Waals surface area contributed by atoms with Gasteiger partial charge in [0.1, 0.15) is 5.75 Å². The SMILES string of the molecule is COc1ccc(NC(=O)CN2C(C)CCCC2C)c(N)c1. The van der Waals surface area contributed by atoms with Crippen molar-refractivity contribution in [2.45, 2.75) is 45.2 Å². The molecule has 1 fully saturated rings. The first-order chi connectivity index (χ1) is 10.0. The number of ether oxygens (including phenoxy) is 1. The van der Waals surface area contributed by atoms with Gasteiger partial charge >= 0.3 is 0 Å². The third-order valence-electron chi connectivity index (χ3n) is 4.24. The van der Waals surface area contributed by atoms with Gasteiger partial charge in [0.2, 0.25) is 5.91 Å². The number of anilines is 2. The van der Waals surface area contributed by atoms with Gasteiger partial charge in [-0.15, -0.1) is 0 Å². The lowest BCUT2D eigenvalue weighted by Gasteiger charge is -2.38. The van der Waals surface area contributed by atoms with Crippen LogP contribution in [0.3, 0.4) is 0 Å². The molecule has 0 aliphatic carbocycles. The van der Waals surface area contributed by atoms with Crippen molar-refractivity contribution in [2.75, 3.05) is 24.7 Å². The van der Waals surface area contributed by atoms with Gasteiger partial charge in [-0.3, -0.25) is 9.69 Å². The first-order valence-corrected chi connectivity index (χ1v) is 7.50. The Hall–Kier alpha value is -1.75. The van der Waals surface area contributed by atoms with Gasteiger partial charge < -0.3 is 15.8 Å². The molecule has 5 nitrogen and oxygen atoms in total. The molecule has 0 saturated carbocycles. The quantitative estimate of drug-likeness (QED) is 0.836. The fourth-order valence-electron chi connectivity index (χ4n) is 2.92. The van der Waals surface area contributed by atoms with Crippen molar-refractivity contribution < 1.29 is 9.53 Å². The molecule has 0 bridgehead atoms. The van der Waals surface area contributed by atoms with Gasteiger partial charge in [0.15, 0.2) is 0 Å². The zero-order chi connectivity index (χ0) is 15.4. The van der Waals surface area contributed by atoms with Crippen LogP contribution < -0.4 is 15.8 Å². The average molecular weight is 291 g/mol. The minimum absolute atomic E-state index is 0.0209. The lowest BCUT2D eigenvalue weighted by molar-refractivity contribution is -0.118. The number of likely N-dealkylation sites (tertiary alicyclic amines) is 1. The second-order valence-electron chi connectivity index (χ2n) is 5.80. The predicted octanol–water partition coefficient (Wildman–Crippen LogP) is 2.48. The van der Waals surface area contributed by atoms with Crippen molar-refractivity contribution in [1.82, 2.24) is 4.90 Å². The Bertz CT molecular complexity index is 494. The molecule has 1 aromatic carbocycles. The van der Waals surface area contributed by atoms with E-state index in [1.807, 2.05) is 0 Å². The third-order valence-corrected chi connectivity index (χ3v) is 4.24. The van der Waals surface area contributed by atoms with Gasteiger partial charge in [-0.2, -0.15) is 0 Å². The normalized spacial score (nSPS) is 22.8. The number of benzene rings is 1. The molecule has 2 unspecified atom stereocenters. The van der Waals surface area contributed by atoms with Gasteiger partial charge in [0, 0.05) is 18.2 Å². The molecule has 1 saturated heterocycles. The van der Waals surface area contributed by atoms with Crippen LogP contribution in [0.4, 0.5) is 11.4 Å². The van der Waals surface area contributed by atoms with Crippen LogP contribution in [0.5, 0.6) is 5.75 Å². The number of rotatable bonds is 4. The van der Waals surface area contributed by atoms with Gasteiger partial charge in [-0.25, -0.2) is 0 Å². The summed E-state index contributed by atoms with van der Waals surface area (Å²) in [5, 5.41) is 2.89. The van der Waals surface area contributed by atoms with Gasteiger partial charge in [-0.05, 0) is 38.8 Å². The third kappa shape index (κ3) is 3.88. The number of nitrogens with one attached hydrogen (secondary N) is 1. The Morgan fingerprint density at radius 3 is 2.62 bits per heavy atom. The molecule has 1 heterocycles. The zero-order valence-corrected chi connectivity index (χ0v) is 13.1. The van der Waals surface area contributed by atoms with E-state index in [1.54, 1.807) is 25.3 Å². The van der Waals surface area contributed by atoms with Crippen molar-refractivity contribution in [3.8, 4) is 5.75 Å².